The van der Waals surface area contributed by atoms with Crippen LogP contribution in [-0.2, 0) is 15.8 Å². The van der Waals surface area contributed by atoms with Crippen molar-refractivity contribution in [2.45, 2.75) is 56.9 Å². The smallest absolute Gasteiger partial charge is 0.251 e. The number of ether oxygens (including phenoxy) is 1. The molecule has 2 aromatic rings. The maximum Gasteiger partial charge on any atom is 0.251 e. The Morgan fingerprint density at radius 1 is 1.06 bits per heavy atom. The van der Waals surface area contributed by atoms with Crippen molar-refractivity contribution in [3.8, 4) is 5.75 Å². The number of hydrogen-bond donors (Lipinski definition) is 1. The van der Waals surface area contributed by atoms with Crippen LogP contribution in [0, 0.1) is 0 Å². The van der Waals surface area contributed by atoms with Gasteiger partial charge in [-0.2, -0.15) is 0 Å². The molecule has 0 saturated carbocycles. The highest BCUT2D eigenvalue weighted by molar-refractivity contribution is 7.88. The Labute approximate surface area is 184 Å². The molecule has 0 radical (unpaired) electrons. The predicted octanol–water partition coefficient (Wildman–Crippen LogP) is 4.03. The van der Waals surface area contributed by atoms with Crippen molar-refractivity contribution in [1.29, 1.82) is 0 Å². The summed E-state index contributed by atoms with van der Waals surface area (Å²) in [5.74, 6) is 0.585. The number of benzene rings is 2. The van der Waals surface area contributed by atoms with Gasteiger partial charge in [-0.05, 0) is 50.5 Å². The van der Waals surface area contributed by atoms with Crippen LogP contribution in [0.3, 0.4) is 0 Å². The zero-order chi connectivity index (χ0) is 22.1. The van der Waals surface area contributed by atoms with Crippen LogP contribution in [0.2, 0.25) is 0 Å². The summed E-state index contributed by atoms with van der Waals surface area (Å²) in [6.45, 7) is 5.23. The molecule has 2 aromatic carbocycles. The number of nitrogens with one attached hydrogen (secondary N) is 1. The summed E-state index contributed by atoms with van der Waals surface area (Å²) in [6.07, 6.45) is 3.60. The summed E-state index contributed by atoms with van der Waals surface area (Å²) >= 11 is 0. The Morgan fingerprint density at radius 2 is 1.74 bits per heavy atom. The number of carbonyl (C=O) groups is 1. The van der Waals surface area contributed by atoms with Crippen molar-refractivity contribution in [2.24, 2.45) is 0 Å². The van der Waals surface area contributed by atoms with Crippen LogP contribution in [0.1, 0.15) is 67.1 Å². The number of amides is 1. The summed E-state index contributed by atoms with van der Waals surface area (Å²) in [5.41, 5.74) is 1.80. The van der Waals surface area contributed by atoms with E-state index in [2.05, 4.69) is 5.32 Å². The second kappa shape index (κ2) is 8.63. The molecule has 6 nitrogen and oxygen atoms in total. The van der Waals surface area contributed by atoms with Crippen LogP contribution in [0.15, 0.2) is 48.5 Å². The van der Waals surface area contributed by atoms with Gasteiger partial charge in [0.1, 0.15) is 11.4 Å². The molecule has 1 fully saturated rings. The topological polar surface area (TPSA) is 75.7 Å². The second-order valence-corrected chi connectivity index (χ2v) is 11.0. The average molecular weight is 443 g/mol. The highest BCUT2D eigenvalue weighted by Crippen LogP contribution is 2.39. The summed E-state index contributed by atoms with van der Waals surface area (Å²) in [5, 5.41) is 3.12. The molecule has 2 heterocycles. The van der Waals surface area contributed by atoms with E-state index in [-0.39, 0.29) is 23.3 Å². The Morgan fingerprint density at radius 3 is 2.45 bits per heavy atom. The molecular weight excluding hydrogens is 412 g/mol. The number of para-hydroxylation sites is 1. The highest BCUT2D eigenvalue weighted by atomic mass is 32.2. The Hall–Kier alpha value is -2.38. The SMILES string of the molecule is CC1(C)C[C@@H](NC(=O)c2ccc(CS(=O)(=O)N3CCCCC3)cc2)c2ccccc2O1. The molecule has 4 rings (SSSR count). The van der Waals surface area contributed by atoms with Crippen LogP contribution < -0.4 is 10.1 Å². The predicted molar refractivity (Wildman–Crippen MR) is 120 cm³/mol. The molecule has 1 atom stereocenters. The third-order valence-electron chi connectivity index (χ3n) is 5.96. The van der Waals surface area contributed by atoms with E-state index in [9.17, 15) is 13.2 Å². The van der Waals surface area contributed by atoms with E-state index >= 15 is 0 Å². The summed E-state index contributed by atoms with van der Waals surface area (Å²) < 4.78 is 32.9. The first-order chi connectivity index (χ1) is 14.7. The van der Waals surface area contributed by atoms with E-state index in [0.717, 1.165) is 30.6 Å². The highest BCUT2D eigenvalue weighted by Gasteiger charge is 2.34. The molecule has 166 valence electrons. The lowest BCUT2D eigenvalue weighted by Crippen LogP contribution is -2.41. The fourth-order valence-corrected chi connectivity index (χ4v) is 5.98. The van der Waals surface area contributed by atoms with Gasteiger partial charge in [-0.25, -0.2) is 12.7 Å². The first kappa shape index (κ1) is 21.8. The largest absolute Gasteiger partial charge is 0.487 e. The monoisotopic (exact) mass is 442 g/mol. The van der Waals surface area contributed by atoms with Gasteiger partial charge in [-0.3, -0.25) is 4.79 Å². The standard InChI is InChI=1S/C24H30N2O4S/c1-24(2)16-21(20-8-4-5-9-22(20)30-24)25-23(27)19-12-10-18(11-13-19)17-31(28,29)26-14-6-3-7-15-26/h4-5,8-13,21H,3,6-7,14-17H2,1-2H3,(H,25,27)/t21-/m1/s1. The maximum atomic E-state index is 12.9. The lowest BCUT2D eigenvalue weighted by molar-refractivity contribution is 0.0619. The third kappa shape index (κ3) is 5.10. The van der Waals surface area contributed by atoms with Crippen LogP contribution in [0.5, 0.6) is 5.75 Å². The van der Waals surface area contributed by atoms with E-state index < -0.39 is 10.0 Å². The number of piperidine rings is 1. The quantitative estimate of drug-likeness (QED) is 0.758. The van der Waals surface area contributed by atoms with Gasteiger partial charge in [0, 0.05) is 30.6 Å². The Kier molecular flexibility index (Phi) is 6.08. The van der Waals surface area contributed by atoms with Gasteiger partial charge in [-0.1, -0.05) is 36.8 Å². The van der Waals surface area contributed by atoms with Crippen LogP contribution in [0.25, 0.3) is 0 Å². The minimum Gasteiger partial charge on any atom is -0.487 e. The number of fused-ring (bicyclic) bond motifs is 1. The molecule has 7 heteroatoms. The summed E-state index contributed by atoms with van der Waals surface area (Å²) in [7, 11) is -3.32. The van der Waals surface area contributed by atoms with E-state index in [1.54, 1.807) is 28.6 Å². The normalized spacial score (nSPS) is 21.0. The Bertz CT molecular complexity index is 1040. The molecular formula is C24H30N2O4S. The lowest BCUT2D eigenvalue weighted by Gasteiger charge is -2.37. The number of sulfonamides is 1. The second-order valence-electron chi connectivity index (χ2n) is 9.04. The molecule has 0 bridgehead atoms. The molecule has 1 N–H and O–H groups in total. The van der Waals surface area contributed by atoms with Crippen LogP contribution in [0.4, 0.5) is 0 Å². The number of hydrogen-bond acceptors (Lipinski definition) is 4. The average Bonchev–Trinajstić information content (AvgIpc) is 2.74. The molecule has 0 spiro atoms. The molecule has 1 amide bonds. The van der Waals surface area contributed by atoms with Crippen molar-refractivity contribution in [3.05, 3.63) is 65.2 Å². The fraction of sp³-hybridized carbons (Fsp3) is 0.458. The molecule has 0 aromatic heterocycles. The first-order valence-corrected chi connectivity index (χ1v) is 12.5. The van der Waals surface area contributed by atoms with Crippen LogP contribution in [-0.4, -0.2) is 37.3 Å². The van der Waals surface area contributed by atoms with Gasteiger partial charge in [0.25, 0.3) is 5.91 Å². The molecule has 0 aliphatic carbocycles. The molecule has 31 heavy (non-hydrogen) atoms. The van der Waals surface area contributed by atoms with E-state index in [0.29, 0.717) is 30.6 Å². The summed E-state index contributed by atoms with van der Waals surface area (Å²) in [6, 6.07) is 14.5. The van der Waals surface area contributed by atoms with E-state index in [1.165, 1.54) is 0 Å². The van der Waals surface area contributed by atoms with Gasteiger partial charge >= 0.3 is 0 Å². The van der Waals surface area contributed by atoms with Crippen molar-refractivity contribution in [1.82, 2.24) is 9.62 Å². The number of carbonyl (C=O) groups excluding carboxylic acids is 1. The van der Waals surface area contributed by atoms with Gasteiger partial charge in [-0.15, -0.1) is 0 Å². The first-order valence-electron chi connectivity index (χ1n) is 10.9. The lowest BCUT2D eigenvalue weighted by atomic mass is 9.89. The molecule has 2 aliphatic heterocycles. The Balaban J connectivity index is 1.44. The zero-order valence-corrected chi connectivity index (χ0v) is 19.0. The van der Waals surface area contributed by atoms with E-state index in [1.807, 2.05) is 38.1 Å². The maximum absolute atomic E-state index is 12.9. The zero-order valence-electron chi connectivity index (χ0n) is 18.1. The van der Waals surface area contributed by atoms with E-state index in [4.69, 9.17) is 4.74 Å². The van der Waals surface area contributed by atoms with Gasteiger partial charge in [0.15, 0.2) is 0 Å². The summed E-state index contributed by atoms with van der Waals surface area (Å²) in [4.78, 5) is 12.9. The van der Waals surface area contributed by atoms with Crippen molar-refractivity contribution < 1.29 is 17.9 Å². The minimum atomic E-state index is -3.32. The van der Waals surface area contributed by atoms with Crippen molar-refractivity contribution in [2.75, 3.05) is 13.1 Å². The fourth-order valence-electron chi connectivity index (χ4n) is 4.37. The number of nitrogens with zero attached hydrogens (tertiary/aromatic N) is 1. The van der Waals surface area contributed by atoms with Gasteiger partial charge < -0.3 is 10.1 Å². The van der Waals surface area contributed by atoms with Crippen LogP contribution >= 0.6 is 0 Å². The van der Waals surface area contributed by atoms with Gasteiger partial charge in [0.2, 0.25) is 10.0 Å². The molecule has 0 unspecified atom stereocenters. The minimum absolute atomic E-state index is 0.0313. The third-order valence-corrected chi connectivity index (χ3v) is 7.81. The van der Waals surface area contributed by atoms with Gasteiger partial charge in [0.05, 0.1) is 11.8 Å². The van der Waals surface area contributed by atoms with Crippen molar-refractivity contribution >= 4 is 15.9 Å². The number of rotatable bonds is 5. The molecule has 1 saturated heterocycles. The van der Waals surface area contributed by atoms with Crippen molar-refractivity contribution in [3.63, 3.8) is 0 Å². The molecule has 2 aliphatic rings.